The van der Waals surface area contributed by atoms with Gasteiger partial charge in [-0.25, -0.2) is 4.98 Å². The van der Waals surface area contributed by atoms with Crippen molar-refractivity contribution in [1.82, 2.24) is 9.38 Å². The van der Waals surface area contributed by atoms with Gasteiger partial charge in [-0.3, -0.25) is 4.40 Å². The molecule has 0 N–H and O–H groups in total. The van der Waals surface area contributed by atoms with Crippen molar-refractivity contribution in [2.75, 3.05) is 0 Å². The average Bonchev–Trinajstić information content (AvgIpc) is 2.80. The Morgan fingerprint density at radius 1 is 1.14 bits per heavy atom. The lowest BCUT2D eigenvalue weighted by Gasteiger charge is -1.98. The van der Waals surface area contributed by atoms with Crippen LogP contribution in [0.5, 0.6) is 0 Å². The molecule has 0 bridgehead atoms. The minimum Gasteiger partial charge on any atom is -0.283 e. The Balaban J connectivity index is 2.05. The minimum atomic E-state index is 0.567. The van der Waals surface area contributed by atoms with Gasteiger partial charge in [-0.05, 0) is 43.7 Å². The van der Waals surface area contributed by atoms with Crippen molar-refractivity contribution in [1.29, 1.82) is 5.26 Å². The van der Waals surface area contributed by atoms with Crippen LogP contribution in [0.3, 0.4) is 0 Å². The lowest BCUT2D eigenvalue weighted by atomic mass is 10.2. The van der Waals surface area contributed by atoms with Gasteiger partial charge in [0.2, 0.25) is 0 Å². The van der Waals surface area contributed by atoms with E-state index in [1.807, 2.05) is 42.6 Å². The quantitative estimate of drug-likeness (QED) is 0.656. The molecule has 0 radical (unpaired) electrons. The zero-order valence-corrected chi connectivity index (χ0v) is 11.8. The van der Waals surface area contributed by atoms with Gasteiger partial charge < -0.3 is 0 Å². The van der Waals surface area contributed by atoms with Crippen LogP contribution in [-0.2, 0) is 0 Å². The van der Waals surface area contributed by atoms with Crippen molar-refractivity contribution in [3.05, 3.63) is 59.4 Å². The molecule has 0 atom stereocenters. The van der Waals surface area contributed by atoms with Crippen LogP contribution in [0.1, 0.15) is 16.8 Å². The van der Waals surface area contributed by atoms with Crippen molar-refractivity contribution in [2.24, 2.45) is 10.2 Å². The fourth-order valence-corrected chi connectivity index (χ4v) is 2.12. The highest BCUT2D eigenvalue weighted by Gasteiger charge is 2.07. The Kier molecular flexibility index (Phi) is 3.20. The number of nitrogens with zero attached hydrogens (tertiary/aromatic N) is 5. The number of aryl methyl sites for hydroxylation is 2. The first-order valence-electron chi connectivity index (χ1n) is 6.54. The van der Waals surface area contributed by atoms with Gasteiger partial charge in [-0.1, -0.05) is 12.1 Å². The molecule has 0 spiro atoms. The number of benzene rings is 1. The number of aromatic nitrogens is 2. The number of pyridine rings is 1. The smallest absolute Gasteiger partial charge is 0.182 e. The summed E-state index contributed by atoms with van der Waals surface area (Å²) in [6, 6.07) is 13.1. The molecule has 21 heavy (non-hydrogen) atoms. The normalized spacial score (nSPS) is 11.1. The van der Waals surface area contributed by atoms with E-state index in [1.54, 1.807) is 18.2 Å². The predicted molar refractivity (Wildman–Crippen MR) is 80.0 cm³/mol. The molecule has 3 rings (SSSR count). The Hall–Kier alpha value is -3.00. The number of azo groups is 1. The third-order valence-corrected chi connectivity index (χ3v) is 3.14. The average molecular weight is 275 g/mol. The highest BCUT2D eigenvalue weighted by atomic mass is 15.2. The first kappa shape index (κ1) is 13.0. The Morgan fingerprint density at radius 3 is 2.81 bits per heavy atom. The highest BCUT2D eigenvalue weighted by Crippen LogP contribution is 2.24. The van der Waals surface area contributed by atoms with Crippen LogP contribution < -0.4 is 0 Å². The van der Waals surface area contributed by atoms with Crippen LogP contribution in [0.25, 0.3) is 5.65 Å². The van der Waals surface area contributed by atoms with E-state index in [0.29, 0.717) is 17.1 Å². The minimum absolute atomic E-state index is 0.567. The SMILES string of the molecule is Cc1ccc2nc(C)c(N=Nc3cccc(C#N)c3)n2c1. The second-order valence-electron chi connectivity index (χ2n) is 4.82. The van der Waals surface area contributed by atoms with E-state index >= 15 is 0 Å². The van der Waals surface area contributed by atoms with Crippen molar-refractivity contribution >= 4 is 17.2 Å². The molecule has 5 nitrogen and oxygen atoms in total. The second kappa shape index (κ2) is 5.17. The predicted octanol–water partition coefficient (Wildman–Crippen LogP) is 4.24. The number of nitriles is 1. The monoisotopic (exact) mass is 275 g/mol. The zero-order valence-electron chi connectivity index (χ0n) is 11.8. The molecule has 0 aliphatic heterocycles. The Bertz CT molecular complexity index is 883. The Labute approximate surface area is 122 Å². The molecule has 0 fully saturated rings. The summed E-state index contributed by atoms with van der Waals surface area (Å²) < 4.78 is 1.92. The van der Waals surface area contributed by atoms with E-state index in [0.717, 1.165) is 16.9 Å². The summed E-state index contributed by atoms with van der Waals surface area (Å²) in [6.07, 6.45) is 1.98. The van der Waals surface area contributed by atoms with Crippen LogP contribution in [0.15, 0.2) is 52.8 Å². The molecule has 0 aliphatic carbocycles. The zero-order chi connectivity index (χ0) is 14.8. The van der Waals surface area contributed by atoms with Gasteiger partial charge >= 0.3 is 0 Å². The molecule has 2 heterocycles. The topological polar surface area (TPSA) is 65.8 Å². The maximum absolute atomic E-state index is 8.89. The van der Waals surface area contributed by atoms with Crippen molar-refractivity contribution in [2.45, 2.75) is 13.8 Å². The third-order valence-electron chi connectivity index (χ3n) is 3.14. The van der Waals surface area contributed by atoms with Crippen LogP contribution in [0.2, 0.25) is 0 Å². The van der Waals surface area contributed by atoms with E-state index in [1.165, 1.54) is 0 Å². The van der Waals surface area contributed by atoms with Gasteiger partial charge in [0.15, 0.2) is 5.82 Å². The highest BCUT2D eigenvalue weighted by molar-refractivity contribution is 5.53. The first-order valence-corrected chi connectivity index (χ1v) is 6.54. The number of imidazole rings is 1. The van der Waals surface area contributed by atoms with Gasteiger partial charge in [-0.15, -0.1) is 10.2 Å². The summed E-state index contributed by atoms with van der Waals surface area (Å²) in [7, 11) is 0. The maximum atomic E-state index is 8.89. The summed E-state index contributed by atoms with van der Waals surface area (Å²) in [4.78, 5) is 4.46. The number of hydrogen-bond donors (Lipinski definition) is 0. The summed E-state index contributed by atoms with van der Waals surface area (Å²) >= 11 is 0. The first-order chi connectivity index (χ1) is 10.2. The van der Waals surface area contributed by atoms with Gasteiger partial charge in [0.25, 0.3) is 0 Å². The van der Waals surface area contributed by atoms with Crippen LogP contribution in [-0.4, -0.2) is 9.38 Å². The summed E-state index contributed by atoms with van der Waals surface area (Å²) in [5.41, 5.74) is 4.01. The molecular formula is C16H13N5. The molecule has 1 aromatic carbocycles. The molecule has 0 unspecified atom stereocenters. The molecule has 5 heteroatoms. The van der Waals surface area contributed by atoms with E-state index in [2.05, 4.69) is 21.3 Å². The van der Waals surface area contributed by atoms with Crippen LogP contribution >= 0.6 is 0 Å². The molecule has 0 aliphatic rings. The molecule has 0 saturated heterocycles. The number of rotatable bonds is 2. The lowest BCUT2D eigenvalue weighted by molar-refractivity contribution is 1.08. The van der Waals surface area contributed by atoms with Crippen molar-refractivity contribution < 1.29 is 0 Å². The fourth-order valence-electron chi connectivity index (χ4n) is 2.12. The molecule has 2 aromatic heterocycles. The molecular weight excluding hydrogens is 262 g/mol. The maximum Gasteiger partial charge on any atom is 0.182 e. The molecule has 102 valence electrons. The van der Waals surface area contributed by atoms with Crippen molar-refractivity contribution in [3.8, 4) is 6.07 Å². The molecule has 0 amide bonds. The summed E-state index contributed by atoms with van der Waals surface area (Å²) in [5, 5.41) is 17.4. The largest absolute Gasteiger partial charge is 0.283 e. The van der Waals surface area contributed by atoms with Crippen LogP contribution in [0, 0.1) is 25.2 Å². The van der Waals surface area contributed by atoms with E-state index in [4.69, 9.17) is 5.26 Å². The standard InChI is InChI=1S/C16H13N5/c1-11-6-7-15-18-12(2)16(21(15)10-11)20-19-14-5-3-4-13(8-14)9-17/h3-8,10H,1-2H3. The fraction of sp³-hybridized carbons (Fsp3) is 0.125. The van der Waals surface area contributed by atoms with E-state index in [-0.39, 0.29) is 0 Å². The van der Waals surface area contributed by atoms with E-state index < -0.39 is 0 Å². The summed E-state index contributed by atoms with van der Waals surface area (Å²) in [5.74, 6) is 0.705. The second-order valence-corrected chi connectivity index (χ2v) is 4.82. The molecule has 0 saturated carbocycles. The lowest BCUT2D eigenvalue weighted by Crippen LogP contribution is -1.84. The van der Waals surface area contributed by atoms with Gasteiger partial charge in [-0.2, -0.15) is 5.26 Å². The number of fused-ring (bicyclic) bond motifs is 1. The van der Waals surface area contributed by atoms with Gasteiger partial charge in [0.1, 0.15) is 5.65 Å². The third kappa shape index (κ3) is 2.51. The van der Waals surface area contributed by atoms with Crippen molar-refractivity contribution in [3.63, 3.8) is 0 Å². The summed E-state index contributed by atoms with van der Waals surface area (Å²) in [6.45, 7) is 3.93. The van der Waals surface area contributed by atoms with E-state index in [9.17, 15) is 0 Å². The molecule has 3 aromatic rings. The number of hydrogen-bond acceptors (Lipinski definition) is 4. The Morgan fingerprint density at radius 2 is 2.00 bits per heavy atom. The van der Waals surface area contributed by atoms with Gasteiger partial charge in [0.05, 0.1) is 23.0 Å². The van der Waals surface area contributed by atoms with Gasteiger partial charge in [0, 0.05) is 6.20 Å². The van der Waals surface area contributed by atoms with Crippen LogP contribution in [0.4, 0.5) is 11.5 Å².